The molecular formula is C15H14BrFIN. The quantitative estimate of drug-likeness (QED) is 0.689. The van der Waals surface area contributed by atoms with Gasteiger partial charge >= 0.3 is 0 Å². The van der Waals surface area contributed by atoms with Crippen LogP contribution in [0.25, 0.3) is 0 Å². The lowest BCUT2D eigenvalue weighted by molar-refractivity contribution is 0.586. The number of benzene rings is 2. The van der Waals surface area contributed by atoms with Crippen LogP contribution in [0.5, 0.6) is 0 Å². The Morgan fingerprint density at radius 3 is 2.53 bits per heavy atom. The highest BCUT2D eigenvalue weighted by atomic mass is 127. The van der Waals surface area contributed by atoms with Gasteiger partial charge in [0.1, 0.15) is 5.82 Å². The van der Waals surface area contributed by atoms with Gasteiger partial charge in [-0.15, -0.1) is 0 Å². The minimum absolute atomic E-state index is 0.193. The molecule has 1 nitrogen and oxygen atoms in total. The van der Waals surface area contributed by atoms with E-state index in [1.54, 1.807) is 0 Å². The third-order valence-corrected chi connectivity index (χ3v) is 4.51. The number of halogens is 3. The zero-order valence-corrected chi connectivity index (χ0v) is 14.2. The van der Waals surface area contributed by atoms with Gasteiger partial charge in [-0.05, 0) is 77.5 Å². The first-order chi connectivity index (χ1) is 9.10. The number of hydrogen-bond donors (Lipinski definition) is 1. The molecule has 2 aromatic rings. The third-order valence-electron chi connectivity index (χ3n) is 3.04. The summed E-state index contributed by atoms with van der Waals surface area (Å²) in [6.45, 7) is 0. The van der Waals surface area contributed by atoms with E-state index in [-0.39, 0.29) is 11.9 Å². The normalized spacial score (nSPS) is 12.4. The zero-order chi connectivity index (χ0) is 13.8. The van der Waals surface area contributed by atoms with E-state index in [0.717, 1.165) is 16.5 Å². The molecule has 0 saturated heterocycles. The van der Waals surface area contributed by atoms with Crippen LogP contribution < -0.4 is 5.32 Å². The van der Waals surface area contributed by atoms with Crippen molar-refractivity contribution in [3.8, 4) is 0 Å². The van der Waals surface area contributed by atoms with E-state index >= 15 is 0 Å². The molecule has 0 fully saturated rings. The average Bonchev–Trinajstić information content (AvgIpc) is 2.41. The molecule has 0 aliphatic carbocycles. The number of likely N-dealkylation sites (N-methyl/N-ethyl adjacent to an activating group) is 1. The van der Waals surface area contributed by atoms with Crippen molar-refractivity contribution in [2.75, 3.05) is 7.05 Å². The highest BCUT2D eigenvalue weighted by Crippen LogP contribution is 2.26. The monoisotopic (exact) mass is 433 g/mol. The van der Waals surface area contributed by atoms with Crippen molar-refractivity contribution in [2.24, 2.45) is 0 Å². The lowest BCUT2D eigenvalue weighted by atomic mass is 9.99. The van der Waals surface area contributed by atoms with Crippen LogP contribution in [0.15, 0.2) is 46.9 Å². The highest BCUT2D eigenvalue weighted by molar-refractivity contribution is 14.1. The summed E-state index contributed by atoms with van der Waals surface area (Å²) in [5, 5.41) is 3.33. The molecule has 19 heavy (non-hydrogen) atoms. The minimum atomic E-state index is -0.193. The van der Waals surface area contributed by atoms with Crippen molar-refractivity contribution >= 4 is 38.5 Å². The molecule has 0 amide bonds. The van der Waals surface area contributed by atoms with Crippen molar-refractivity contribution in [3.05, 3.63) is 67.5 Å². The molecule has 0 radical (unpaired) electrons. The maximum absolute atomic E-state index is 12.9. The largest absolute Gasteiger partial charge is 0.313 e. The Morgan fingerprint density at radius 1 is 1.21 bits per heavy atom. The molecule has 0 aliphatic rings. The predicted octanol–water partition coefficient (Wildman–Crippen LogP) is 4.70. The summed E-state index contributed by atoms with van der Waals surface area (Å²) >= 11 is 5.85. The number of rotatable bonds is 4. The molecule has 2 aromatic carbocycles. The van der Waals surface area contributed by atoms with Gasteiger partial charge in [0.2, 0.25) is 0 Å². The van der Waals surface area contributed by atoms with Gasteiger partial charge in [0, 0.05) is 14.1 Å². The van der Waals surface area contributed by atoms with E-state index in [1.807, 2.05) is 25.2 Å². The van der Waals surface area contributed by atoms with Crippen LogP contribution in [0, 0.1) is 9.39 Å². The predicted molar refractivity (Wildman–Crippen MR) is 88.8 cm³/mol. The molecule has 4 heteroatoms. The third kappa shape index (κ3) is 4.00. The topological polar surface area (TPSA) is 12.0 Å². The Hall–Kier alpha value is -0.460. The highest BCUT2D eigenvalue weighted by Gasteiger charge is 2.13. The van der Waals surface area contributed by atoms with E-state index < -0.39 is 0 Å². The second-order valence-corrected chi connectivity index (χ2v) is 6.42. The molecule has 2 rings (SSSR count). The Bertz CT molecular complexity index is 557. The van der Waals surface area contributed by atoms with E-state index in [0.29, 0.717) is 0 Å². The van der Waals surface area contributed by atoms with E-state index in [4.69, 9.17) is 0 Å². The van der Waals surface area contributed by atoms with Crippen LogP contribution in [0.1, 0.15) is 17.2 Å². The maximum atomic E-state index is 12.9. The van der Waals surface area contributed by atoms with Gasteiger partial charge in [-0.3, -0.25) is 0 Å². The summed E-state index contributed by atoms with van der Waals surface area (Å²) in [6.07, 6.45) is 0.837. The molecule has 0 saturated carbocycles. The lowest BCUT2D eigenvalue weighted by Gasteiger charge is -2.18. The Labute approximate surface area is 134 Å². The molecule has 1 atom stereocenters. The first-order valence-corrected chi connectivity index (χ1v) is 7.84. The fourth-order valence-electron chi connectivity index (χ4n) is 2.01. The van der Waals surface area contributed by atoms with Gasteiger partial charge in [-0.1, -0.05) is 28.1 Å². The molecule has 100 valence electrons. The first-order valence-electron chi connectivity index (χ1n) is 5.97. The molecule has 0 bridgehead atoms. The Morgan fingerprint density at radius 2 is 1.89 bits per heavy atom. The SMILES string of the molecule is CNC(Cc1ccc(F)cc1)c1cc(Br)ccc1I. The molecule has 0 heterocycles. The molecule has 1 unspecified atom stereocenters. The van der Waals surface area contributed by atoms with Crippen LogP contribution in [-0.4, -0.2) is 7.05 Å². The Balaban J connectivity index is 2.24. The van der Waals surface area contributed by atoms with Gasteiger partial charge in [0.15, 0.2) is 0 Å². The summed E-state index contributed by atoms with van der Waals surface area (Å²) in [5.74, 6) is -0.193. The summed E-state index contributed by atoms with van der Waals surface area (Å²) in [5.41, 5.74) is 2.37. The smallest absolute Gasteiger partial charge is 0.123 e. The van der Waals surface area contributed by atoms with Crippen LogP contribution in [0.4, 0.5) is 4.39 Å². The van der Waals surface area contributed by atoms with Crippen LogP contribution in [-0.2, 0) is 6.42 Å². The summed E-state index contributed by atoms with van der Waals surface area (Å²) in [7, 11) is 1.95. The molecule has 0 aliphatic heterocycles. The van der Waals surface area contributed by atoms with Crippen molar-refractivity contribution in [2.45, 2.75) is 12.5 Å². The van der Waals surface area contributed by atoms with Crippen molar-refractivity contribution in [3.63, 3.8) is 0 Å². The van der Waals surface area contributed by atoms with Gasteiger partial charge in [-0.2, -0.15) is 0 Å². The molecular weight excluding hydrogens is 420 g/mol. The van der Waals surface area contributed by atoms with E-state index in [2.05, 4.69) is 56.0 Å². The van der Waals surface area contributed by atoms with Gasteiger partial charge in [0.05, 0.1) is 0 Å². The number of nitrogens with one attached hydrogen (secondary N) is 1. The first kappa shape index (κ1) is 14.9. The van der Waals surface area contributed by atoms with Crippen molar-refractivity contribution in [1.29, 1.82) is 0 Å². The van der Waals surface area contributed by atoms with Crippen LogP contribution >= 0.6 is 38.5 Å². The van der Waals surface area contributed by atoms with Gasteiger partial charge in [0.25, 0.3) is 0 Å². The summed E-state index contributed by atoms with van der Waals surface area (Å²) in [4.78, 5) is 0. The minimum Gasteiger partial charge on any atom is -0.313 e. The second-order valence-electron chi connectivity index (χ2n) is 4.34. The van der Waals surface area contributed by atoms with Gasteiger partial charge < -0.3 is 5.32 Å². The Kier molecular flexibility index (Phi) is 5.36. The van der Waals surface area contributed by atoms with E-state index in [9.17, 15) is 4.39 Å². The maximum Gasteiger partial charge on any atom is 0.123 e. The zero-order valence-electron chi connectivity index (χ0n) is 10.5. The van der Waals surface area contributed by atoms with E-state index in [1.165, 1.54) is 21.3 Å². The second kappa shape index (κ2) is 6.81. The standard InChI is InChI=1S/C15H14BrFIN/c1-19-15(8-10-2-5-12(17)6-3-10)13-9-11(16)4-7-14(13)18/h2-7,9,15,19H,8H2,1H3. The average molecular weight is 434 g/mol. The summed E-state index contributed by atoms with van der Waals surface area (Å²) < 4.78 is 15.2. The van der Waals surface area contributed by atoms with Gasteiger partial charge in [-0.25, -0.2) is 4.39 Å². The van der Waals surface area contributed by atoms with Crippen LogP contribution in [0.2, 0.25) is 0 Å². The lowest BCUT2D eigenvalue weighted by Crippen LogP contribution is -2.20. The summed E-state index contributed by atoms with van der Waals surface area (Å²) in [6, 6.07) is 13.2. The fourth-order valence-corrected chi connectivity index (χ4v) is 3.10. The fraction of sp³-hybridized carbons (Fsp3) is 0.200. The van der Waals surface area contributed by atoms with Crippen molar-refractivity contribution in [1.82, 2.24) is 5.32 Å². The van der Waals surface area contributed by atoms with Crippen LogP contribution in [0.3, 0.4) is 0 Å². The molecule has 0 aromatic heterocycles. The number of hydrogen-bond acceptors (Lipinski definition) is 1. The molecule has 1 N–H and O–H groups in total. The van der Waals surface area contributed by atoms with Crippen molar-refractivity contribution < 1.29 is 4.39 Å². The molecule has 0 spiro atoms.